The molecule has 27 heavy (non-hydrogen) atoms. The van der Waals surface area contributed by atoms with Crippen LogP contribution in [0.5, 0.6) is 0 Å². The molecule has 0 bridgehead atoms. The molecule has 3 nitrogen and oxygen atoms in total. The second kappa shape index (κ2) is 7.73. The fraction of sp³-hybridized carbons (Fsp3) is 0.409. The quantitative estimate of drug-likeness (QED) is 0.615. The van der Waals surface area contributed by atoms with E-state index >= 15 is 0 Å². The number of hydrogen-bond donors (Lipinski definition) is 0. The Morgan fingerprint density at radius 3 is 2.52 bits per heavy atom. The summed E-state index contributed by atoms with van der Waals surface area (Å²) < 4.78 is 5.59. The molecule has 5 heteroatoms. The zero-order valence-corrected chi connectivity index (χ0v) is 17.6. The van der Waals surface area contributed by atoms with Crippen LogP contribution in [-0.2, 0) is 17.6 Å². The summed E-state index contributed by atoms with van der Waals surface area (Å²) in [4.78, 5) is 14.4. The van der Waals surface area contributed by atoms with Crippen molar-refractivity contribution in [2.45, 2.75) is 51.2 Å². The van der Waals surface area contributed by atoms with Gasteiger partial charge in [-0.1, -0.05) is 53.5 Å². The number of carbonyl (C=O) groups is 1. The number of amides is 1. The molecule has 0 saturated carbocycles. The first kappa shape index (κ1) is 20.0. The van der Waals surface area contributed by atoms with Gasteiger partial charge in [-0.3, -0.25) is 0 Å². The van der Waals surface area contributed by atoms with E-state index in [1.165, 1.54) is 11.1 Å². The summed E-state index contributed by atoms with van der Waals surface area (Å²) in [5.74, 6) is 0.177. The van der Waals surface area contributed by atoms with Crippen molar-refractivity contribution in [1.29, 1.82) is 0 Å². The minimum absolute atomic E-state index is 0.0340. The van der Waals surface area contributed by atoms with Crippen LogP contribution in [0.15, 0.2) is 42.5 Å². The van der Waals surface area contributed by atoms with E-state index in [9.17, 15) is 4.79 Å². The molecule has 2 aromatic rings. The van der Waals surface area contributed by atoms with Gasteiger partial charge in [0.1, 0.15) is 5.60 Å². The maximum atomic E-state index is 12.7. The number of nitrogens with zero attached hydrogens (tertiary/aromatic N) is 1. The third-order valence-corrected chi connectivity index (χ3v) is 5.71. The Hall–Kier alpha value is -1.71. The van der Waals surface area contributed by atoms with Gasteiger partial charge in [0.25, 0.3) is 0 Å². The summed E-state index contributed by atoms with van der Waals surface area (Å²) in [6, 6.07) is 14.2. The Balaban J connectivity index is 1.88. The lowest BCUT2D eigenvalue weighted by Crippen LogP contribution is -2.43. The van der Waals surface area contributed by atoms with E-state index < -0.39 is 5.60 Å². The predicted octanol–water partition coefficient (Wildman–Crippen LogP) is 6.11. The summed E-state index contributed by atoms with van der Waals surface area (Å²) in [5.41, 5.74) is 3.15. The van der Waals surface area contributed by atoms with Gasteiger partial charge in [-0.05, 0) is 62.4 Å². The number of likely N-dealkylation sites (N-methyl/N-ethyl adjacent to an activating group) is 1. The van der Waals surface area contributed by atoms with Gasteiger partial charge in [-0.2, -0.15) is 0 Å². The Kier molecular flexibility index (Phi) is 5.73. The van der Waals surface area contributed by atoms with Crippen LogP contribution in [0.1, 0.15) is 43.4 Å². The summed E-state index contributed by atoms with van der Waals surface area (Å²) in [6.45, 7) is 5.65. The molecule has 0 aromatic heterocycles. The van der Waals surface area contributed by atoms with Crippen LogP contribution < -0.4 is 0 Å². The minimum Gasteiger partial charge on any atom is -0.444 e. The number of benzene rings is 2. The average molecular weight is 406 g/mol. The zero-order valence-electron chi connectivity index (χ0n) is 16.1. The van der Waals surface area contributed by atoms with E-state index in [2.05, 4.69) is 18.2 Å². The van der Waals surface area contributed by atoms with E-state index in [-0.39, 0.29) is 18.1 Å². The number of hydrogen-bond acceptors (Lipinski definition) is 2. The predicted molar refractivity (Wildman–Crippen MR) is 111 cm³/mol. The first-order valence-corrected chi connectivity index (χ1v) is 9.89. The first-order chi connectivity index (χ1) is 12.7. The van der Waals surface area contributed by atoms with E-state index in [0.29, 0.717) is 10.0 Å². The maximum absolute atomic E-state index is 12.7. The van der Waals surface area contributed by atoms with Crippen molar-refractivity contribution in [3.05, 3.63) is 69.2 Å². The number of carbonyl (C=O) groups excluding carboxylic acids is 1. The van der Waals surface area contributed by atoms with Crippen LogP contribution in [0.3, 0.4) is 0 Å². The molecule has 2 atom stereocenters. The van der Waals surface area contributed by atoms with Crippen LogP contribution in [0.2, 0.25) is 10.0 Å². The molecule has 0 N–H and O–H groups in total. The second-order valence-electron chi connectivity index (χ2n) is 8.12. The summed E-state index contributed by atoms with van der Waals surface area (Å²) in [5, 5.41) is 1.10. The smallest absolute Gasteiger partial charge is 0.410 e. The molecule has 1 aliphatic carbocycles. The Morgan fingerprint density at radius 2 is 1.85 bits per heavy atom. The fourth-order valence-corrected chi connectivity index (χ4v) is 4.02. The molecule has 0 heterocycles. The molecule has 2 unspecified atom stereocenters. The molecular weight excluding hydrogens is 381 g/mol. The van der Waals surface area contributed by atoms with Crippen LogP contribution in [-0.4, -0.2) is 29.7 Å². The third kappa shape index (κ3) is 4.59. The van der Waals surface area contributed by atoms with Gasteiger partial charge in [0.05, 0.1) is 10.0 Å². The molecule has 3 rings (SSSR count). The number of ether oxygens (including phenoxy) is 1. The van der Waals surface area contributed by atoms with Gasteiger partial charge < -0.3 is 9.64 Å². The van der Waals surface area contributed by atoms with E-state index in [4.69, 9.17) is 27.9 Å². The molecule has 1 aliphatic rings. The van der Waals surface area contributed by atoms with Crippen molar-refractivity contribution in [2.75, 3.05) is 7.05 Å². The molecule has 1 amide bonds. The second-order valence-corrected chi connectivity index (χ2v) is 8.94. The van der Waals surface area contributed by atoms with Crippen molar-refractivity contribution in [1.82, 2.24) is 4.90 Å². The SMILES string of the molecule is CN(C(=O)OC(C)(C)C)C1Cc2ccccc2C1Cc1ccc(Cl)c(Cl)c1. The molecule has 0 fully saturated rings. The third-order valence-electron chi connectivity index (χ3n) is 4.97. The highest BCUT2D eigenvalue weighted by atomic mass is 35.5. The van der Waals surface area contributed by atoms with E-state index in [1.807, 2.05) is 52.1 Å². The standard InChI is InChI=1S/C22H25Cl2NO2/c1-22(2,3)27-21(26)25(4)20-13-15-7-5-6-8-16(15)17(20)11-14-9-10-18(23)19(24)12-14/h5-10,12,17,20H,11,13H2,1-4H3. The van der Waals surface area contributed by atoms with E-state index in [0.717, 1.165) is 18.4 Å². The fourth-order valence-electron chi connectivity index (χ4n) is 3.70. The summed E-state index contributed by atoms with van der Waals surface area (Å²) >= 11 is 12.3. The van der Waals surface area contributed by atoms with Crippen LogP contribution in [0.4, 0.5) is 4.79 Å². The van der Waals surface area contributed by atoms with Gasteiger partial charge in [-0.15, -0.1) is 0 Å². The maximum Gasteiger partial charge on any atom is 0.410 e. The molecule has 0 radical (unpaired) electrons. The average Bonchev–Trinajstić information content (AvgIpc) is 2.94. The van der Waals surface area contributed by atoms with Crippen LogP contribution in [0.25, 0.3) is 0 Å². The molecular formula is C22H25Cl2NO2. The molecule has 144 valence electrons. The Bertz CT molecular complexity index is 844. The van der Waals surface area contributed by atoms with Crippen LogP contribution in [0, 0.1) is 0 Å². The molecule has 0 spiro atoms. The summed E-state index contributed by atoms with van der Waals surface area (Å²) in [6.07, 6.45) is 1.31. The van der Waals surface area contributed by atoms with Crippen molar-refractivity contribution in [2.24, 2.45) is 0 Å². The molecule has 0 aliphatic heterocycles. The number of rotatable bonds is 3. The van der Waals surface area contributed by atoms with Gasteiger partial charge in [0, 0.05) is 19.0 Å². The lowest BCUT2D eigenvalue weighted by molar-refractivity contribution is 0.0207. The largest absolute Gasteiger partial charge is 0.444 e. The first-order valence-electron chi connectivity index (χ1n) is 9.13. The monoisotopic (exact) mass is 405 g/mol. The van der Waals surface area contributed by atoms with Crippen LogP contribution >= 0.6 is 23.2 Å². The topological polar surface area (TPSA) is 29.5 Å². The Morgan fingerprint density at radius 1 is 1.15 bits per heavy atom. The van der Waals surface area contributed by atoms with Crippen molar-refractivity contribution in [3.63, 3.8) is 0 Å². The zero-order chi connectivity index (χ0) is 19.8. The van der Waals surface area contributed by atoms with Gasteiger partial charge >= 0.3 is 6.09 Å². The van der Waals surface area contributed by atoms with Crippen molar-refractivity contribution >= 4 is 29.3 Å². The van der Waals surface area contributed by atoms with E-state index in [1.54, 1.807) is 4.90 Å². The Labute approximate surface area is 171 Å². The van der Waals surface area contributed by atoms with Crippen molar-refractivity contribution < 1.29 is 9.53 Å². The van der Waals surface area contributed by atoms with Gasteiger partial charge in [0.15, 0.2) is 0 Å². The normalized spacial score (nSPS) is 18.9. The minimum atomic E-state index is -0.518. The lowest BCUT2D eigenvalue weighted by Gasteiger charge is -2.32. The highest BCUT2D eigenvalue weighted by Gasteiger charge is 2.38. The lowest BCUT2D eigenvalue weighted by atomic mass is 9.90. The van der Waals surface area contributed by atoms with Gasteiger partial charge in [-0.25, -0.2) is 4.79 Å². The molecule has 2 aromatic carbocycles. The van der Waals surface area contributed by atoms with Crippen molar-refractivity contribution in [3.8, 4) is 0 Å². The number of halogens is 2. The highest BCUT2D eigenvalue weighted by Crippen LogP contribution is 2.39. The molecule has 0 saturated heterocycles. The van der Waals surface area contributed by atoms with Gasteiger partial charge in [0.2, 0.25) is 0 Å². The number of fused-ring (bicyclic) bond motifs is 1. The summed E-state index contributed by atoms with van der Waals surface area (Å²) in [7, 11) is 1.83. The highest BCUT2D eigenvalue weighted by molar-refractivity contribution is 6.42.